The van der Waals surface area contributed by atoms with Crippen molar-refractivity contribution < 1.29 is 13.7 Å². The number of likely N-dealkylation sites (tertiary alicyclic amines) is 1. The number of carbonyl (C=O) groups excluding carboxylic acids is 1. The van der Waals surface area contributed by atoms with Crippen LogP contribution in [0, 0.1) is 6.92 Å². The van der Waals surface area contributed by atoms with Crippen molar-refractivity contribution >= 4 is 17.5 Å². The van der Waals surface area contributed by atoms with E-state index in [9.17, 15) is 4.79 Å². The normalized spacial score (nSPS) is 16.3. The number of benzene rings is 1. The van der Waals surface area contributed by atoms with Crippen molar-refractivity contribution in [2.45, 2.75) is 38.6 Å². The summed E-state index contributed by atoms with van der Waals surface area (Å²) >= 11 is 6.09. The van der Waals surface area contributed by atoms with E-state index in [2.05, 4.69) is 15.2 Å². The second-order valence-electron chi connectivity index (χ2n) is 8.36. The molecule has 0 saturated carbocycles. The Bertz CT molecular complexity index is 1290. The fraction of sp³-hybridized carbons (Fsp3) is 0.333. The van der Waals surface area contributed by atoms with Gasteiger partial charge in [0.25, 0.3) is 5.91 Å². The summed E-state index contributed by atoms with van der Waals surface area (Å²) in [5.41, 5.74) is 3.31. The number of hydrogen-bond acceptors (Lipinski definition) is 6. The van der Waals surface area contributed by atoms with Crippen LogP contribution in [0.1, 0.15) is 58.8 Å². The summed E-state index contributed by atoms with van der Waals surface area (Å²) < 4.78 is 13.2. The number of rotatable bonds is 5. The highest BCUT2D eigenvalue weighted by molar-refractivity contribution is 6.30. The summed E-state index contributed by atoms with van der Waals surface area (Å²) in [5.74, 6) is 1.27. The van der Waals surface area contributed by atoms with Crippen LogP contribution in [-0.2, 0) is 13.5 Å². The van der Waals surface area contributed by atoms with Crippen LogP contribution in [0.5, 0.6) is 0 Å². The molecule has 0 spiro atoms. The molecule has 33 heavy (non-hydrogen) atoms. The van der Waals surface area contributed by atoms with Gasteiger partial charge < -0.3 is 13.8 Å². The molecule has 0 N–H and O–H groups in total. The molecule has 1 aliphatic rings. The number of carbonyl (C=O) groups is 1. The van der Waals surface area contributed by atoms with Crippen LogP contribution < -0.4 is 0 Å². The number of halogens is 1. The monoisotopic (exact) mass is 465 g/mol. The lowest BCUT2D eigenvalue weighted by Crippen LogP contribution is -2.38. The standard InChI is InChI=1S/C24H24ClN5O3/c1-15-19(14-29(2)27-15)20-12-22(33-28-20)24(31)30-9-4-3-8-21(30)23-26-13-18(32-23)11-16-6-5-7-17(25)10-16/h5-7,10,12-14,21H,3-4,8-9,11H2,1-2H3. The molecule has 0 aliphatic carbocycles. The third-order valence-electron chi connectivity index (χ3n) is 5.90. The van der Waals surface area contributed by atoms with Gasteiger partial charge in [0.05, 0.1) is 11.9 Å². The molecule has 1 fully saturated rings. The van der Waals surface area contributed by atoms with Gasteiger partial charge in [0.2, 0.25) is 11.7 Å². The molecule has 1 aromatic carbocycles. The Morgan fingerprint density at radius 3 is 2.94 bits per heavy atom. The maximum Gasteiger partial charge on any atom is 0.293 e. The van der Waals surface area contributed by atoms with Gasteiger partial charge >= 0.3 is 0 Å². The van der Waals surface area contributed by atoms with Gasteiger partial charge in [0.15, 0.2) is 0 Å². The van der Waals surface area contributed by atoms with E-state index in [4.69, 9.17) is 20.5 Å². The molecule has 1 aliphatic heterocycles. The van der Waals surface area contributed by atoms with Crippen LogP contribution in [0.15, 0.2) is 51.7 Å². The van der Waals surface area contributed by atoms with Gasteiger partial charge in [-0.2, -0.15) is 5.10 Å². The van der Waals surface area contributed by atoms with Crippen molar-refractivity contribution in [2.75, 3.05) is 6.54 Å². The number of oxazole rings is 1. The average Bonchev–Trinajstić information content (AvgIpc) is 3.53. The molecule has 3 aromatic heterocycles. The van der Waals surface area contributed by atoms with Gasteiger partial charge in [0, 0.05) is 42.9 Å². The Morgan fingerprint density at radius 1 is 1.27 bits per heavy atom. The first-order valence-corrected chi connectivity index (χ1v) is 11.3. The van der Waals surface area contributed by atoms with Crippen LogP contribution in [0.2, 0.25) is 5.02 Å². The summed E-state index contributed by atoms with van der Waals surface area (Å²) in [7, 11) is 1.85. The molecule has 0 bridgehead atoms. The van der Waals surface area contributed by atoms with E-state index < -0.39 is 0 Å². The van der Waals surface area contributed by atoms with Crippen LogP contribution in [-0.4, -0.2) is 37.3 Å². The number of piperidine rings is 1. The first-order chi connectivity index (χ1) is 16.0. The molecule has 4 aromatic rings. The van der Waals surface area contributed by atoms with Crippen molar-refractivity contribution in [2.24, 2.45) is 7.05 Å². The van der Waals surface area contributed by atoms with Crippen molar-refractivity contribution in [3.63, 3.8) is 0 Å². The highest BCUT2D eigenvalue weighted by Gasteiger charge is 2.34. The molecule has 8 nitrogen and oxygen atoms in total. The second-order valence-corrected chi connectivity index (χ2v) is 8.80. The lowest BCUT2D eigenvalue weighted by Gasteiger charge is -2.32. The first kappa shape index (κ1) is 21.5. The van der Waals surface area contributed by atoms with E-state index in [1.165, 1.54) is 0 Å². The topological polar surface area (TPSA) is 90.2 Å². The van der Waals surface area contributed by atoms with E-state index in [-0.39, 0.29) is 17.7 Å². The fourth-order valence-corrected chi connectivity index (χ4v) is 4.55. The molecule has 170 valence electrons. The Kier molecular flexibility index (Phi) is 5.76. The number of aromatic nitrogens is 4. The highest BCUT2D eigenvalue weighted by Crippen LogP contribution is 2.33. The van der Waals surface area contributed by atoms with Crippen molar-refractivity contribution in [1.29, 1.82) is 0 Å². The van der Waals surface area contributed by atoms with Crippen LogP contribution in [0.4, 0.5) is 0 Å². The van der Waals surface area contributed by atoms with Crippen molar-refractivity contribution in [1.82, 2.24) is 24.8 Å². The third-order valence-corrected chi connectivity index (χ3v) is 6.13. The Morgan fingerprint density at radius 2 is 2.15 bits per heavy atom. The zero-order valence-electron chi connectivity index (χ0n) is 18.5. The lowest BCUT2D eigenvalue weighted by molar-refractivity contribution is 0.0528. The first-order valence-electron chi connectivity index (χ1n) is 11.0. The molecule has 0 radical (unpaired) electrons. The van der Waals surface area contributed by atoms with E-state index in [0.29, 0.717) is 29.6 Å². The molecule has 5 rings (SSSR count). The molecule has 1 amide bonds. The van der Waals surface area contributed by atoms with Gasteiger partial charge in [0.1, 0.15) is 17.5 Å². The van der Waals surface area contributed by atoms with E-state index in [0.717, 1.165) is 41.8 Å². The Balaban J connectivity index is 1.35. The smallest absolute Gasteiger partial charge is 0.293 e. The minimum atomic E-state index is -0.243. The average molecular weight is 466 g/mol. The summed E-state index contributed by atoms with van der Waals surface area (Å²) in [4.78, 5) is 19.6. The van der Waals surface area contributed by atoms with E-state index >= 15 is 0 Å². The zero-order chi connectivity index (χ0) is 22.9. The molecule has 1 unspecified atom stereocenters. The SMILES string of the molecule is Cc1nn(C)cc1-c1cc(C(=O)N2CCCCC2c2ncc(Cc3cccc(Cl)c3)o2)on1. The van der Waals surface area contributed by atoms with Gasteiger partial charge in [-0.25, -0.2) is 4.98 Å². The number of hydrogen-bond donors (Lipinski definition) is 0. The number of aryl methyl sites for hydroxylation is 2. The van der Waals surface area contributed by atoms with Gasteiger partial charge in [-0.3, -0.25) is 9.48 Å². The zero-order valence-corrected chi connectivity index (χ0v) is 19.2. The van der Waals surface area contributed by atoms with Crippen LogP contribution in [0.25, 0.3) is 11.3 Å². The molecule has 4 heterocycles. The summed E-state index contributed by atoms with van der Waals surface area (Å²) in [6.07, 6.45) is 6.87. The fourth-order valence-electron chi connectivity index (χ4n) is 4.33. The second kappa shape index (κ2) is 8.86. The predicted molar refractivity (Wildman–Crippen MR) is 122 cm³/mol. The van der Waals surface area contributed by atoms with Crippen molar-refractivity contribution in [3.8, 4) is 11.3 Å². The van der Waals surface area contributed by atoms with Crippen LogP contribution >= 0.6 is 11.6 Å². The third kappa shape index (κ3) is 4.43. The molecular weight excluding hydrogens is 442 g/mol. The van der Waals surface area contributed by atoms with Gasteiger partial charge in [-0.1, -0.05) is 28.9 Å². The minimum absolute atomic E-state index is 0.200. The molecular formula is C24H24ClN5O3. The van der Waals surface area contributed by atoms with E-state index in [1.807, 2.05) is 44.4 Å². The van der Waals surface area contributed by atoms with Crippen LogP contribution in [0.3, 0.4) is 0 Å². The van der Waals surface area contributed by atoms with Crippen molar-refractivity contribution in [3.05, 3.63) is 76.4 Å². The maximum atomic E-state index is 13.3. The number of amides is 1. The largest absolute Gasteiger partial charge is 0.443 e. The minimum Gasteiger partial charge on any atom is -0.443 e. The van der Waals surface area contributed by atoms with E-state index in [1.54, 1.807) is 21.8 Å². The Labute approximate surface area is 196 Å². The molecule has 9 heteroatoms. The van der Waals surface area contributed by atoms with Gasteiger partial charge in [-0.15, -0.1) is 0 Å². The summed E-state index contributed by atoms with van der Waals surface area (Å²) in [5, 5.41) is 9.12. The summed E-state index contributed by atoms with van der Waals surface area (Å²) in [6, 6.07) is 9.09. The number of nitrogens with zero attached hydrogens (tertiary/aromatic N) is 5. The van der Waals surface area contributed by atoms with Gasteiger partial charge in [-0.05, 0) is 43.9 Å². The quantitative estimate of drug-likeness (QED) is 0.412. The molecule has 1 saturated heterocycles. The maximum absolute atomic E-state index is 13.3. The Hall–Kier alpha value is -3.39. The molecule has 1 atom stereocenters. The summed E-state index contributed by atoms with van der Waals surface area (Å²) in [6.45, 7) is 2.51. The highest BCUT2D eigenvalue weighted by atomic mass is 35.5. The predicted octanol–water partition coefficient (Wildman–Crippen LogP) is 4.98. The lowest BCUT2D eigenvalue weighted by atomic mass is 10.0.